The van der Waals surface area contributed by atoms with Crippen molar-refractivity contribution in [2.45, 2.75) is 77.4 Å². The Morgan fingerprint density at radius 1 is 1.00 bits per heavy atom. The van der Waals surface area contributed by atoms with Gasteiger partial charge in [0.15, 0.2) is 0 Å². The molecule has 7 unspecified atom stereocenters. The Labute approximate surface area is 193 Å². The number of hydrogen-bond acceptors (Lipinski definition) is 3. The average molecular weight is 463 g/mol. The molecular formula is C27H33F3O3. The molecule has 4 aliphatic rings. The van der Waals surface area contributed by atoms with Gasteiger partial charge < -0.3 is 14.9 Å². The fraction of sp³-hybridized carbons (Fsp3) is 0.630. The predicted octanol–water partition coefficient (Wildman–Crippen LogP) is 6.26. The maximum Gasteiger partial charge on any atom is 0.573 e. The number of ether oxygens (including phenoxy) is 1. The second-order valence-electron chi connectivity index (χ2n) is 11.1. The van der Waals surface area contributed by atoms with E-state index in [9.17, 15) is 23.4 Å². The Morgan fingerprint density at radius 2 is 1.73 bits per heavy atom. The summed E-state index contributed by atoms with van der Waals surface area (Å²) in [6.07, 6.45) is 5.44. The van der Waals surface area contributed by atoms with Gasteiger partial charge in [0.1, 0.15) is 5.75 Å². The number of alkyl halides is 3. The Bertz CT molecular complexity index is 966. The number of rotatable bonds is 2. The molecule has 2 N–H and O–H groups in total. The van der Waals surface area contributed by atoms with Gasteiger partial charge in [-0.3, -0.25) is 0 Å². The van der Waals surface area contributed by atoms with E-state index in [1.165, 1.54) is 17.7 Å². The molecule has 0 radical (unpaired) electrons. The molecule has 1 aromatic carbocycles. The van der Waals surface area contributed by atoms with E-state index in [-0.39, 0.29) is 22.7 Å². The molecular weight excluding hydrogens is 429 g/mol. The van der Waals surface area contributed by atoms with Crippen molar-refractivity contribution in [2.75, 3.05) is 0 Å². The van der Waals surface area contributed by atoms with Crippen LogP contribution >= 0.6 is 0 Å². The molecule has 0 aliphatic heterocycles. The van der Waals surface area contributed by atoms with E-state index in [1.54, 1.807) is 12.1 Å². The topological polar surface area (TPSA) is 49.7 Å². The van der Waals surface area contributed by atoms with Crippen LogP contribution in [0.5, 0.6) is 5.75 Å². The van der Waals surface area contributed by atoms with Crippen LogP contribution in [-0.4, -0.2) is 28.8 Å². The number of hydrogen-bond donors (Lipinski definition) is 2. The Kier molecular flexibility index (Phi) is 5.48. The van der Waals surface area contributed by atoms with Crippen molar-refractivity contribution in [3.05, 3.63) is 47.1 Å². The number of aliphatic hydroxyl groups is 2. The molecule has 3 fully saturated rings. The first kappa shape index (κ1) is 23.0. The van der Waals surface area contributed by atoms with Gasteiger partial charge in [-0.2, -0.15) is 0 Å². The van der Waals surface area contributed by atoms with Crippen molar-refractivity contribution in [1.29, 1.82) is 0 Å². The van der Waals surface area contributed by atoms with Gasteiger partial charge in [0, 0.05) is 5.41 Å². The molecule has 0 aromatic heterocycles. The van der Waals surface area contributed by atoms with Crippen LogP contribution in [0.3, 0.4) is 0 Å². The third-order valence-corrected chi connectivity index (χ3v) is 9.41. The van der Waals surface area contributed by atoms with Crippen LogP contribution in [0.1, 0.15) is 64.4 Å². The van der Waals surface area contributed by atoms with Crippen LogP contribution in [0.2, 0.25) is 0 Å². The number of fused-ring (bicyclic) bond motifs is 5. The molecule has 0 heterocycles. The lowest BCUT2D eigenvalue weighted by atomic mass is 9.48. The maximum absolute atomic E-state index is 12.4. The minimum Gasteiger partial charge on any atom is -0.406 e. The van der Waals surface area contributed by atoms with Crippen LogP contribution in [0.4, 0.5) is 13.2 Å². The van der Waals surface area contributed by atoms with Crippen molar-refractivity contribution in [3.63, 3.8) is 0 Å². The Morgan fingerprint density at radius 3 is 2.42 bits per heavy atom. The highest BCUT2D eigenvalue weighted by molar-refractivity contribution is 5.56. The van der Waals surface area contributed by atoms with Gasteiger partial charge in [0.25, 0.3) is 0 Å². The van der Waals surface area contributed by atoms with Gasteiger partial charge in [-0.15, -0.1) is 13.2 Å². The van der Waals surface area contributed by atoms with E-state index < -0.39 is 12.5 Å². The third-order valence-electron chi connectivity index (χ3n) is 9.41. The summed E-state index contributed by atoms with van der Waals surface area (Å²) in [4.78, 5) is 0. The first-order valence-electron chi connectivity index (χ1n) is 12.1. The highest BCUT2D eigenvalue weighted by atomic mass is 19.4. The van der Waals surface area contributed by atoms with Crippen LogP contribution < -0.4 is 4.74 Å². The number of benzene rings is 1. The number of allylic oxidation sites excluding steroid dienone is 1. The van der Waals surface area contributed by atoms with E-state index in [2.05, 4.69) is 24.7 Å². The van der Waals surface area contributed by atoms with Crippen molar-refractivity contribution in [2.24, 2.45) is 28.6 Å². The second kappa shape index (κ2) is 7.88. The third kappa shape index (κ3) is 3.93. The molecule has 0 saturated heterocycles. The molecule has 4 aliphatic carbocycles. The average Bonchev–Trinajstić information content (AvgIpc) is 2.99. The standard InChI is InChI=1S/C27H33F3O3/c1-25-11-9-19(31)15-18(25)5-8-21-22(25)10-12-26(2)23(21)14-17(24(26)32)13-16-3-6-20(7-4-16)33-27(28,29)30/h3-7,13,19,21-24,31-32H,8-12,14-15H2,1-2H3/b17-13+. The summed E-state index contributed by atoms with van der Waals surface area (Å²) in [5, 5.41) is 21.5. The molecule has 0 spiro atoms. The quantitative estimate of drug-likeness (QED) is 0.510. The van der Waals surface area contributed by atoms with Crippen LogP contribution in [0.15, 0.2) is 41.5 Å². The summed E-state index contributed by atoms with van der Waals surface area (Å²) >= 11 is 0. The first-order chi connectivity index (χ1) is 15.5. The van der Waals surface area contributed by atoms with E-state index >= 15 is 0 Å². The monoisotopic (exact) mass is 462 g/mol. The van der Waals surface area contributed by atoms with E-state index in [1.807, 2.05) is 6.08 Å². The van der Waals surface area contributed by atoms with Crippen molar-refractivity contribution in [1.82, 2.24) is 0 Å². The minimum atomic E-state index is -4.70. The van der Waals surface area contributed by atoms with E-state index in [0.29, 0.717) is 17.8 Å². The zero-order valence-corrected chi connectivity index (χ0v) is 19.2. The second-order valence-corrected chi connectivity index (χ2v) is 11.1. The van der Waals surface area contributed by atoms with Gasteiger partial charge >= 0.3 is 6.36 Å². The molecule has 0 amide bonds. The summed E-state index contributed by atoms with van der Waals surface area (Å²) < 4.78 is 41.3. The molecule has 3 saturated carbocycles. The lowest BCUT2D eigenvalue weighted by molar-refractivity contribution is -0.274. The van der Waals surface area contributed by atoms with Gasteiger partial charge in [-0.1, -0.05) is 43.7 Å². The van der Waals surface area contributed by atoms with Gasteiger partial charge in [0.05, 0.1) is 12.2 Å². The van der Waals surface area contributed by atoms with Crippen LogP contribution in [0.25, 0.3) is 6.08 Å². The highest BCUT2D eigenvalue weighted by Gasteiger charge is 2.59. The molecule has 1 aromatic rings. The molecule has 6 heteroatoms. The van der Waals surface area contributed by atoms with Crippen molar-refractivity contribution >= 4 is 6.08 Å². The Hall–Kier alpha value is -1.79. The van der Waals surface area contributed by atoms with Crippen LogP contribution in [-0.2, 0) is 0 Å². The minimum absolute atomic E-state index is 0.148. The summed E-state index contributed by atoms with van der Waals surface area (Å²) in [6, 6.07) is 5.85. The van der Waals surface area contributed by atoms with Gasteiger partial charge in [-0.25, -0.2) is 0 Å². The van der Waals surface area contributed by atoms with Crippen LogP contribution in [0, 0.1) is 28.6 Å². The zero-order chi connectivity index (χ0) is 23.6. The van der Waals surface area contributed by atoms with Crippen molar-refractivity contribution in [3.8, 4) is 5.75 Å². The van der Waals surface area contributed by atoms with E-state index in [0.717, 1.165) is 56.1 Å². The summed E-state index contributed by atoms with van der Waals surface area (Å²) in [5.74, 6) is 1.23. The summed E-state index contributed by atoms with van der Waals surface area (Å²) in [6.45, 7) is 4.60. The molecule has 3 nitrogen and oxygen atoms in total. The van der Waals surface area contributed by atoms with E-state index in [4.69, 9.17) is 0 Å². The smallest absolute Gasteiger partial charge is 0.406 e. The zero-order valence-electron chi connectivity index (χ0n) is 19.2. The molecule has 33 heavy (non-hydrogen) atoms. The van der Waals surface area contributed by atoms with Gasteiger partial charge in [-0.05, 0) is 91.4 Å². The normalized spacial score (nSPS) is 41.7. The first-order valence-corrected chi connectivity index (χ1v) is 12.1. The lowest BCUT2D eigenvalue weighted by Gasteiger charge is -2.57. The highest BCUT2D eigenvalue weighted by Crippen LogP contribution is 2.65. The maximum atomic E-state index is 12.4. The SMILES string of the molecule is CC12CCC(O)CC1=CCC1C2CCC2(C)C(O)/C(=C/c3ccc(OC(F)(F)F)cc3)CC12. The summed E-state index contributed by atoms with van der Waals surface area (Å²) in [7, 11) is 0. The fourth-order valence-electron chi connectivity index (χ4n) is 7.62. The van der Waals surface area contributed by atoms with Gasteiger partial charge in [0.2, 0.25) is 0 Å². The molecule has 5 rings (SSSR count). The largest absolute Gasteiger partial charge is 0.573 e. The van der Waals surface area contributed by atoms with Crippen molar-refractivity contribution < 1.29 is 28.1 Å². The fourth-order valence-corrected chi connectivity index (χ4v) is 7.62. The molecule has 180 valence electrons. The molecule has 7 atom stereocenters. The lowest BCUT2D eigenvalue weighted by Crippen LogP contribution is -2.51. The predicted molar refractivity (Wildman–Crippen MR) is 120 cm³/mol. The summed E-state index contributed by atoms with van der Waals surface area (Å²) in [5.41, 5.74) is 3.15. The number of halogens is 3. The Balaban J connectivity index is 1.39. The molecule has 0 bridgehead atoms. The number of aliphatic hydroxyl groups excluding tert-OH is 2.